The lowest BCUT2D eigenvalue weighted by molar-refractivity contribution is -0.125. The van der Waals surface area contributed by atoms with Crippen LogP contribution in [0.5, 0.6) is 11.5 Å². The van der Waals surface area contributed by atoms with Crippen molar-refractivity contribution >= 4 is 19.4 Å². The molecule has 0 spiro atoms. The lowest BCUT2D eigenvalue weighted by Gasteiger charge is -2.27. The van der Waals surface area contributed by atoms with Gasteiger partial charge in [-0.15, -0.1) is 0 Å². The van der Waals surface area contributed by atoms with Crippen LogP contribution in [0.15, 0.2) is 54.6 Å². The number of rotatable bonds is 10. The Morgan fingerprint density at radius 2 is 1.82 bits per heavy atom. The van der Waals surface area contributed by atoms with Gasteiger partial charge < -0.3 is 30.5 Å². The molecule has 5 N–H and O–H groups in total. The Balaban J connectivity index is 1.75. The fourth-order valence-corrected chi connectivity index (χ4v) is 4.67. The van der Waals surface area contributed by atoms with E-state index in [1.165, 1.54) is 4.90 Å². The second kappa shape index (κ2) is 11.4. The van der Waals surface area contributed by atoms with Crippen LogP contribution < -0.4 is 15.8 Å². The Morgan fingerprint density at radius 3 is 2.52 bits per heavy atom. The molecule has 33 heavy (non-hydrogen) atoms. The summed E-state index contributed by atoms with van der Waals surface area (Å²) >= 11 is 0. The molecule has 178 valence electrons. The summed E-state index contributed by atoms with van der Waals surface area (Å²) in [7, 11) is -4.55. The van der Waals surface area contributed by atoms with Crippen molar-refractivity contribution < 1.29 is 28.7 Å². The molecule has 0 radical (unpaired) electrons. The van der Waals surface area contributed by atoms with Crippen LogP contribution >= 0.6 is 7.60 Å². The summed E-state index contributed by atoms with van der Waals surface area (Å²) in [6, 6.07) is 15.1. The summed E-state index contributed by atoms with van der Waals surface area (Å²) in [6.07, 6.45) is 2.21. The number of likely N-dealkylation sites (tertiary alicyclic amines) is 1. The fraction of sp³-hybridized carbons (Fsp3) is 0.391. The smallest absolute Gasteiger partial charge is 0.347 e. The molecule has 1 fully saturated rings. The molecule has 1 aliphatic rings. The third-order valence-corrected chi connectivity index (χ3v) is 6.75. The number of hydrogen-bond acceptors (Lipinski definition) is 5. The van der Waals surface area contributed by atoms with Crippen molar-refractivity contribution in [1.82, 2.24) is 10.2 Å². The second-order valence-electron chi connectivity index (χ2n) is 7.97. The number of nitrogens with one attached hydrogen (secondary N) is 1. The predicted molar refractivity (Wildman–Crippen MR) is 124 cm³/mol. The third kappa shape index (κ3) is 6.65. The highest BCUT2D eigenvalue weighted by Crippen LogP contribution is 2.42. The number of para-hydroxylation sites is 2. The molecule has 10 heteroatoms. The zero-order valence-corrected chi connectivity index (χ0v) is 19.2. The summed E-state index contributed by atoms with van der Waals surface area (Å²) in [4.78, 5) is 47.1. The number of hydrogen-bond donors (Lipinski definition) is 4. The first kappa shape index (κ1) is 24.9. The number of nitrogens with zero attached hydrogens (tertiary/aromatic N) is 1. The number of benzene rings is 2. The highest BCUT2D eigenvalue weighted by Gasteiger charge is 2.38. The number of ether oxygens (including phenoxy) is 1. The molecule has 1 aliphatic heterocycles. The molecule has 3 rings (SSSR count). The van der Waals surface area contributed by atoms with Gasteiger partial charge in [0.1, 0.15) is 23.3 Å². The van der Waals surface area contributed by atoms with Crippen molar-refractivity contribution in [2.24, 2.45) is 5.73 Å². The monoisotopic (exact) mass is 475 g/mol. The highest BCUT2D eigenvalue weighted by molar-refractivity contribution is 7.52. The maximum atomic E-state index is 13.4. The average molecular weight is 475 g/mol. The molecule has 1 saturated heterocycles. The topological polar surface area (TPSA) is 142 Å². The van der Waals surface area contributed by atoms with E-state index in [1.54, 1.807) is 36.4 Å². The summed E-state index contributed by atoms with van der Waals surface area (Å²) in [5, 5.41) is 2.48. The van der Waals surface area contributed by atoms with Crippen molar-refractivity contribution in [3.8, 4) is 11.5 Å². The van der Waals surface area contributed by atoms with Gasteiger partial charge in [0.15, 0.2) is 0 Å². The maximum Gasteiger partial charge on any atom is 0.347 e. The molecule has 2 amide bonds. The SMILES string of the molecule is NCCCCC(NC(=O)[C@@H]1CCCN1C(=O)c1ccccc1Oc1ccccc1)P(=O)(O)O. The van der Waals surface area contributed by atoms with Gasteiger partial charge in [-0.05, 0) is 62.9 Å². The molecule has 0 aliphatic carbocycles. The minimum Gasteiger partial charge on any atom is -0.457 e. The van der Waals surface area contributed by atoms with Gasteiger partial charge >= 0.3 is 7.60 Å². The predicted octanol–water partition coefficient (Wildman–Crippen LogP) is 2.83. The van der Waals surface area contributed by atoms with Crippen LogP contribution in [0.1, 0.15) is 42.5 Å². The maximum absolute atomic E-state index is 13.4. The van der Waals surface area contributed by atoms with Gasteiger partial charge in [0.25, 0.3) is 5.91 Å². The summed E-state index contributed by atoms with van der Waals surface area (Å²) in [6.45, 7) is 0.765. The van der Waals surface area contributed by atoms with E-state index in [4.69, 9.17) is 10.5 Å². The van der Waals surface area contributed by atoms with E-state index in [0.29, 0.717) is 55.8 Å². The van der Waals surface area contributed by atoms with E-state index in [9.17, 15) is 23.9 Å². The zero-order chi connectivity index (χ0) is 23.8. The number of carbonyl (C=O) groups is 2. The first-order valence-corrected chi connectivity index (χ1v) is 12.7. The molecule has 0 bridgehead atoms. The van der Waals surface area contributed by atoms with Crippen LogP contribution in [-0.2, 0) is 9.36 Å². The number of carbonyl (C=O) groups excluding carboxylic acids is 2. The van der Waals surface area contributed by atoms with Gasteiger partial charge in [-0.1, -0.05) is 30.3 Å². The Kier molecular flexibility index (Phi) is 8.63. The lowest BCUT2D eigenvalue weighted by Crippen LogP contribution is -2.48. The minimum atomic E-state index is -4.55. The molecule has 9 nitrogen and oxygen atoms in total. The molecule has 2 aromatic carbocycles. The molecule has 0 aromatic heterocycles. The third-order valence-electron chi connectivity index (χ3n) is 5.55. The van der Waals surface area contributed by atoms with Crippen LogP contribution in [0.3, 0.4) is 0 Å². The molecule has 1 unspecified atom stereocenters. The van der Waals surface area contributed by atoms with E-state index < -0.39 is 25.3 Å². The Morgan fingerprint density at radius 1 is 1.12 bits per heavy atom. The molecule has 1 heterocycles. The van der Waals surface area contributed by atoms with Crippen molar-refractivity contribution in [2.75, 3.05) is 13.1 Å². The van der Waals surface area contributed by atoms with Crippen molar-refractivity contribution in [3.05, 3.63) is 60.2 Å². The first-order chi connectivity index (χ1) is 15.8. The minimum absolute atomic E-state index is 0.113. The standard InChI is InChI=1S/C23H30N3O6P/c24-15-7-6-14-21(33(29,30)31)25-22(27)19-12-8-16-26(19)23(28)18-11-4-5-13-20(18)32-17-9-2-1-3-10-17/h1-5,9-11,13,19,21H,6-8,12,14-16,24H2,(H,25,27)(H2,29,30,31)/t19-,21?/m0/s1. The van der Waals surface area contributed by atoms with Gasteiger partial charge in [-0.25, -0.2) is 0 Å². The normalized spacial score (nSPS) is 16.9. The molecular weight excluding hydrogens is 445 g/mol. The summed E-state index contributed by atoms with van der Waals surface area (Å²) in [5.74, 6) is -1.29. The Hall–Kier alpha value is -2.71. The van der Waals surface area contributed by atoms with Crippen molar-refractivity contribution in [1.29, 1.82) is 0 Å². The summed E-state index contributed by atoms with van der Waals surface area (Å²) < 4.78 is 17.8. The van der Waals surface area contributed by atoms with E-state index in [-0.39, 0.29) is 12.3 Å². The zero-order valence-electron chi connectivity index (χ0n) is 18.3. The lowest BCUT2D eigenvalue weighted by atomic mass is 10.1. The van der Waals surface area contributed by atoms with E-state index in [0.717, 1.165) is 0 Å². The molecule has 0 saturated carbocycles. The Labute approximate surface area is 193 Å². The van der Waals surface area contributed by atoms with Gasteiger partial charge in [0.2, 0.25) is 5.91 Å². The first-order valence-electron chi connectivity index (χ1n) is 11.0. The van der Waals surface area contributed by atoms with Gasteiger partial charge in [-0.3, -0.25) is 14.2 Å². The largest absolute Gasteiger partial charge is 0.457 e. The van der Waals surface area contributed by atoms with Crippen LogP contribution in [-0.4, -0.2) is 51.4 Å². The number of amides is 2. The Bertz CT molecular complexity index is 997. The second-order valence-corrected chi connectivity index (χ2v) is 9.77. The average Bonchev–Trinajstić information content (AvgIpc) is 3.28. The molecular formula is C23H30N3O6P. The molecule has 2 aromatic rings. The highest BCUT2D eigenvalue weighted by atomic mass is 31.2. The quantitative estimate of drug-likeness (QED) is 0.306. The van der Waals surface area contributed by atoms with E-state index >= 15 is 0 Å². The van der Waals surface area contributed by atoms with E-state index in [1.807, 2.05) is 18.2 Å². The number of nitrogens with two attached hydrogens (primary N) is 1. The summed E-state index contributed by atoms with van der Waals surface area (Å²) in [5.41, 5.74) is 5.77. The van der Waals surface area contributed by atoms with E-state index in [2.05, 4.69) is 5.32 Å². The van der Waals surface area contributed by atoms with Crippen LogP contribution in [0.25, 0.3) is 0 Å². The van der Waals surface area contributed by atoms with Crippen LogP contribution in [0.4, 0.5) is 0 Å². The van der Waals surface area contributed by atoms with Crippen LogP contribution in [0, 0.1) is 0 Å². The van der Waals surface area contributed by atoms with Gasteiger partial charge in [0.05, 0.1) is 5.56 Å². The van der Waals surface area contributed by atoms with Gasteiger partial charge in [-0.2, -0.15) is 0 Å². The van der Waals surface area contributed by atoms with Crippen LogP contribution in [0.2, 0.25) is 0 Å². The van der Waals surface area contributed by atoms with Gasteiger partial charge in [0, 0.05) is 6.54 Å². The molecule has 2 atom stereocenters. The van der Waals surface area contributed by atoms with Crippen molar-refractivity contribution in [2.45, 2.75) is 43.9 Å². The van der Waals surface area contributed by atoms with Crippen molar-refractivity contribution in [3.63, 3.8) is 0 Å². The number of unbranched alkanes of at least 4 members (excludes halogenated alkanes) is 1. The fourth-order valence-electron chi connectivity index (χ4n) is 3.85.